The van der Waals surface area contributed by atoms with Gasteiger partial charge in [-0.25, -0.2) is 4.79 Å². The van der Waals surface area contributed by atoms with Crippen molar-refractivity contribution in [2.24, 2.45) is 0 Å². The molecule has 1 aliphatic heterocycles. The lowest BCUT2D eigenvalue weighted by molar-refractivity contribution is -0.231. The van der Waals surface area contributed by atoms with Gasteiger partial charge < -0.3 is 5.11 Å². The molecule has 88 valence electrons. The first-order chi connectivity index (χ1) is 6.48. The van der Waals surface area contributed by atoms with Crippen LogP contribution in [0.2, 0.25) is 0 Å². The first-order valence-electron chi connectivity index (χ1n) is 3.17. The highest BCUT2D eigenvalue weighted by molar-refractivity contribution is 5.78. The van der Waals surface area contributed by atoms with Crippen molar-refractivity contribution in [1.82, 2.24) is 0 Å². The minimum absolute atomic E-state index is 0.833. The molecule has 0 aromatic carbocycles. The van der Waals surface area contributed by atoms with E-state index >= 15 is 0 Å². The van der Waals surface area contributed by atoms with Crippen molar-refractivity contribution in [1.29, 1.82) is 0 Å². The van der Waals surface area contributed by atoms with E-state index in [-0.39, 0.29) is 0 Å². The maximum absolute atomic E-state index is 11.7. The smallest absolute Gasteiger partial charge is 0.458 e. The summed E-state index contributed by atoms with van der Waals surface area (Å²) < 4.78 is 70.4. The fraction of sp³-hybridized carbons (Fsp3) is 0.500. The van der Waals surface area contributed by atoms with Crippen LogP contribution in [0.25, 0.3) is 0 Å². The van der Waals surface area contributed by atoms with Gasteiger partial charge in [0.1, 0.15) is 0 Å². The second kappa shape index (κ2) is 3.72. The van der Waals surface area contributed by atoms with Crippen LogP contribution >= 0.6 is 0 Å². The van der Waals surface area contributed by atoms with Gasteiger partial charge >= 0.3 is 24.1 Å². The predicted molar refractivity (Wildman–Crippen MR) is 33.8 cm³/mol. The number of carboxylic acid groups (broad SMARTS) is 1. The van der Waals surface area contributed by atoms with Gasteiger partial charge in [0.15, 0.2) is 0 Å². The van der Waals surface area contributed by atoms with Gasteiger partial charge in [-0.1, -0.05) is 6.58 Å². The topological polar surface area (TPSA) is 49.8 Å². The van der Waals surface area contributed by atoms with E-state index in [1.165, 1.54) is 0 Å². The van der Waals surface area contributed by atoms with Gasteiger partial charge in [-0.3, -0.25) is 4.74 Å². The summed E-state index contributed by atoms with van der Waals surface area (Å²) in [6, 6.07) is 0. The molecule has 1 atom stereocenters. The standard InChI is InChI=1S/C3F6O.C3H4O2/c4-1(2(5,6)7)3(8,9)10-1;1-2-3(4)5/h;2H,1H2,(H,4,5). The van der Waals surface area contributed by atoms with E-state index in [9.17, 15) is 31.1 Å². The molecule has 1 saturated heterocycles. The number of epoxide rings is 1. The van der Waals surface area contributed by atoms with Crippen LogP contribution in [-0.2, 0) is 9.53 Å². The summed E-state index contributed by atoms with van der Waals surface area (Å²) in [7, 11) is 0. The Morgan fingerprint density at radius 1 is 1.33 bits per heavy atom. The van der Waals surface area contributed by atoms with Crippen molar-refractivity contribution >= 4 is 5.97 Å². The molecule has 0 spiro atoms. The molecule has 3 nitrogen and oxygen atoms in total. The average Bonchev–Trinajstić information content (AvgIpc) is 2.53. The summed E-state index contributed by atoms with van der Waals surface area (Å²) in [5.41, 5.74) is 0. The summed E-state index contributed by atoms with van der Waals surface area (Å²) in [6.07, 6.45) is -9.53. The monoisotopic (exact) mass is 238 g/mol. The Labute approximate surface area is 78.9 Å². The van der Waals surface area contributed by atoms with E-state index in [2.05, 4.69) is 11.3 Å². The molecule has 15 heavy (non-hydrogen) atoms. The minimum atomic E-state index is -5.66. The second-order valence-corrected chi connectivity index (χ2v) is 2.25. The number of halogens is 6. The van der Waals surface area contributed by atoms with E-state index in [0.29, 0.717) is 0 Å². The van der Waals surface area contributed by atoms with E-state index in [4.69, 9.17) is 5.11 Å². The zero-order chi connectivity index (χ0) is 12.5. The van der Waals surface area contributed by atoms with E-state index in [0.717, 1.165) is 6.08 Å². The summed E-state index contributed by atoms with van der Waals surface area (Å²) in [5.74, 6) is -5.73. The number of aliphatic carboxylic acids is 1. The molecule has 0 amide bonds. The maximum Gasteiger partial charge on any atom is 0.458 e. The van der Waals surface area contributed by atoms with Gasteiger partial charge in [-0.05, 0) is 0 Å². The molecule has 1 fully saturated rings. The normalized spacial score (nSPS) is 27.3. The summed E-state index contributed by atoms with van der Waals surface area (Å²) in [5, 5.41) is 7.60. The molecular weight excluding hydrogens is 234 g/mol. The van der Waals surface area contributed by atoms with Crippen LogP contribution in [0.3, 0.4) is 0 Å². The van der Waals surface area contributed by atoms with Crippen molar-refractivity contribution < 1.29 is 41.0 Å². The molecule has 1 unspecified atom stereocenters. The fourth-order valence-corrected chi connectivity index (χ4v) is 0.374. The summed E-state index contributed by atoms with van der Waals surface area (Å²) in [6.45, 7) is 2.96. The Hall–Kier alpha value is -1.25. The molecule has 0 aromatic rings. The maximum atomic E-state index is 11.7. The third kappa shape index (κ3) is 2.85. The van der Waals surface area contributed by atoms with Crippen LogP contribution in [0, 0.1) is 0 Å². The lowest BCUT2D eigenvalue weighted by Gasteiger charge is -2.04. The predicted octanol–water partition coefficient (Wildman–Crippen LogP) is 2.09. The molecule has 0 bridgehead atoms. The summed E-state index contributed by atoms with van der Waals surface area (Å²) >= 11 is 0. The van der Waals surface area contributed by atoms with Crippen molar-refractivity contribution in [2.75, 3.05) is 0 Å². The van der Waals surface area contributed by atoms with E-state index in [1.807, 2.05) is 0 Å². The Morgan fingerprint density at radius 2 is 1.60 bits per heavy atom. The third-order valence-corrected chi connectivity index (χ3v) is 1.14. The summed E-state index contributed by atoms with van der Waals surface area (Å²) in [4.78, 5) is 9.25. The zero-order valence-corrected chi connectivity index (χ0v) is 6.82. The van der Waals surface area contributed by atoms with Crippen molar-refractivity contribution in [3.05, 3.63) is 12.7 Å². The van der Waals surface area contributed by atoms with Gasteiger partial charge in [0, 0.05) is 6.08 Å². The van der Waals surface area contributed by atoms with Gasteiger partial charge in [0.05, 0.1) is 0 Å². The number of ether oxygens (including phenoxy) is 1. The molecule has 9 heteroatoms. The van der Waals surface area contributed by atoms with Gasteiger partial charge in [0.25, 0.3) is 0 Å². The Kier molecular flexibility index (Phi) is 3.41. The van der Waals surface area contributed by atoms with Crippen molar-refractivity contribution in [2.45, 2.75) is 18.1 Å². The third-order valence-electron chi connectivity index (χ3n) is 1.14. The van der Waals surface area contributed by atoms with Gasteiger partial charge in [-0.15, -0.1) is 0 Å². The highest BCUT2D eigenvalue weighted by atomic mass is 19.4. The molecular formula is C6H4F6O3. The Bertz CT molecular complexity index is 273. The van der Waals surface area contributed by atoms with Crippen LogP contribution in [0.5, 0.6) is 0 Å². The van der Waals surface area contributed by atoms with Crippen LogP contribution in [0.4, 0.5) is 26.3 Å². The molecule has 1 rings (SSSR count). The first kappa shape index (κ1) is 13.8. The largest absolute Gasteiger partial charge is 0.478 e. The molecule has 0 radical (unpaired) electrons. The van der Waals surface area contributed by atoms with Gasteiger partial charge in [0.2, 0.25) is 0 Å². The second-order valence-electron chi connectivity index (χ2n) is 2.25. The number of carboxylic acids is 1. The highest BCUT2D eigenvalue weighted by Crippen LogP contribution is 2.60. The van der Waals surface area contributed by atoms with E-state index < -0.39 is 24.1 Å². The number of rotatable bonds is 1. The molecule has 1 N–H and O–H groups in total. The number of hydrogen-bond acceptors (Lipinski definition) is 2. The SMILES string of the molecule is C=CC(=O)O.FC(F)(F)C1(F)OC1(F)F. The minimum Gasteiger partial charge on any atom is -0.478 e. The average molecular weight is 238 g/mol. The Balaban J connectivity index is 0.000000336. The molecule has 0 aromatic heterocycles. The first-order valence-corrected chi connectivity index (χ1v) is 3.17. The highest BCUT2D eigenvalue weighted by Gasteiger charge is 2.90. The van der Waals surface area contributed by atoms with Crippen LogP contribution in [-0.4, -0.2) is 29.2 Å². The van der Waals surface area contributed by atoms with Crippen LogP contribution in [0.15, 0.2) is 12.7 Å². The number of carbonyl (C=O) groups is 1. The van der Waals surface area contributed by atoms with Crippen LogP contribution in [0.1, 0.15) is 0 Å². The number of hydrogen-bond donors (Lipinski definition) is 1. The molecule has 1 heterocycles. The Morgan fingerprint density at radius 3 is 1.60 bits per heavy atom. The zero-order valence-electron chi connectivity index (χ0n) is 6.82. The number of alkyl halides is 6. The molecule has 1 aliphatic rings. The lowest BCUT2D eigenvalue weighted by atomic mass is 10.4. The van der Waals surface area contributed by atoms with Crippen molar-refractivity contribution in [3.63, 3.8) is 0 Å². The van der Waals surface area contributed by atoms with E-state index in [1.54, 1.807) is 0 Å². The molecule has 0 aliphatic carbocycles. The van der Waals surface area contributed by atoms with Crippen LogP contribution < -0.4 is 0 Å². The lowest BCUT2D eigenvalue weighted by Crippen LogP contribution is -2.32. The quantitative estimate of drug-likeness (QED) is 0.432. The van der Waals surface area contributed by atoms with Crippen molar-refractivity contribution in [3.8, 4) is 0 Å². The fourth-order valence-electron chi connectivity index (χ4n) is 0.374. The van der Waals surface area contributed by atoms with Gasteiger partial charge in [-0.2, -0.15) is 26.3 Å². The molecule has 0 saturated carbocycles.